The highest BCUT2D eigenvalue weighted by atomic mass is 32.2. The highest BCUT2D eigenvalue weighted by Gasteiger charge is 2.16. The normalized spacial score (nSPS) is 11.3. The number of anilines is 1. The molecule has 7 heteroatoms. The largest absolute Gasteiger partial charge is 0.497 e. The second-order valence-electron chi connectivity index (χ2n) is 5.39. The van der Waals surface area contributed by atoms with Crippen molar-refractivity contribution >= 4 is 21.6 Å². The lowest BCUT2D eigenvalue weighted by Gasteiger charge is -2.11. The minimum Gasteiger partial charge on any atom is -0.497 e. The van der Waals surface area contributed by atoms with Crippen LogP contribution in [0.1, 0.15) is 5.56 Å². The third-order valence-electron chi connectivity index (χ3n) is 3.42. The molecular weight excluding hydrogens is 328 g/mol. The van der Waals surface area contributed by atoms with E-state index in [4.69, 9.17) is 4.74 Å². The van der Waals surface area contributed by atoms with Crippen molar-refractivity contribution in [1.82, 2.24) is 4.31 Å². The van der Waals surface area contributed by atoms with Crippen LogP contribution in [-0.2, 0) is 21.2 Å². The lowest BCUT2D eigenvalue weighted by Crippen LogP contribution is -2.22. The molecule has 2 aromatic rings. The Balaban J connectivity index is 2.04. The number of benzene rings is 2. The number of rotatable bonds is 6. The molecule has 1 amide bonds. The predicted octanol–water partition coefficient (Wildman–Crippen LogP) is 2.13. The standard InChI is InChI=1S/C17H20N2O4S/c1-19(2)24(21,22)16-9-7-13(8-10-16)11-17(20)18-14-5-4-6-15(12-14)23-3/h4-10,12H,11H2,1-3H3,(H,18,20). The Labute approximate surface area is 142 Å². The smallest absolute Gasteiger partial charge is 0.242 e. The first-order chi connectivity index (χ1) is 11.3. The fourth-order valence-electron chi connectivity index (χ4n) is 2.08. The molecule has 0 radical (unpaired) electrons. The molecule has 0 spiro atoms. The molecule has 0 saturated carbocycles. The molecule has 0 unspecified atom stereocenters. The van der Waals surface area contributed by atoms with Gasteiger partial charge in [0.2, 0.25) is 15.9 Å². The lowest BCUT2D eigenvalue weighted by molar-refractivity contribution is -0.115. The second kappa shape index (κ2) is 7.46. The van der Waals surface area contributed by atoms with E-state index in [-0.39, 0.29) is 17.2 Å². The zero-order valence-electron chi connectivity index (χ0n) is 13.8. The van der Waals surface area contributed by atoms with Gasteiger partial charge in [-0.15, -0.1) is 0 Å². The van der Waals surface area contributed by atoms with Crippen molar-refractivity contribution < 1.29 is 17.9 Å². The molecule has 6 nitrogen and oxygen atoms in total. The summed E-state index contributed by atoms with van der Waals surface area (Å²) in [6.45, 7) is 0. The molecule has 0 aliphatic carbocycles. The molecule has 0 fully saturated rings. The zero-order valence-corrected chi connectivity index (χ0v) is 14.6. The van der Waals surface area contributed by atoms with E-state index in [1.54, 1.807) is 43.5 Å². The lowest BCUT2D eigenvalue weighted by atomic mass is 10.1. The van der Waals surface area contributed by atoms with E-state index in [0.717, 1.165) is 9.87 Å². The van der Waals surface area contributed by atoms with E-state index in [0.29, 0.717) is 11.4 Å². The van der Waals surface area contributed by atoms with Crippen LogP contribution in [0.3, 0.4) is 0 Å². The van der Waals surface area contributed by atoms with Crippen LogP contribution in [0, 0.1) is 0 Å². The van der Waals surface area contributed by atoms with E-state index in [1.165, 1.54) is 26.2 Å². The van der Waals surface area contributed by atoms with E-state index < -0.39 is 10.0 Å². The van der Waals surface area contributed by atoms with Crippen LogP contribution in [0.5, 0.6) is 5.75 Å². The maximum absolute atomic E-state index is 12.1. The Morgan fingerprint density at radius 2 is 1.79 bits per heavy atom. The number of carbonyl (C=O) groups is 1. The van der Waals surface area contributed by atoms with E-state index in [1.807, 2.05) is 0 Å². The number of amides is 1. The van der Waals surface area contributed by atoms with Gasteiger partial charge < -0.3 is 10.1 Å². The van der Waals surface area contributed by atoms with E-state index >= 15 is 0 Å². The highest BCUT2D eigenvalue weighted by Crippen LogP contribution is 2.18. The summed E-state index contributed by atoms with van der Waals surface area (Å²) >= 11 is 0. The monoisotopic (exact) mass is 348 g/mol. The number of nitrogens with one attached hydrogen (secondary N) is 1. The van der Waals surface area contributed by atoms with Crippen LogP contribution in [-0.4, -0.2) is 39.8 Å². The molecule has 0 aliphatic heterocycles. The number of nitrogens with zero attached hydrogens (tertiary/aromatic N) is 1. The van der Waals surface area contributed by atoms with Gasteiger partial charge in [0.05, 0.1) is 18.4 Å². The molecule has 2 rings (SSSR count). The number of hydrogen-bond donors (Lipinski definition) is 1. The topological polar surface area (TPSA) is 75.7 Å². The van der Waals surface area contributed by atoms with Gasteiger partial charge in [0.15, 0.2) is 0 Å². The fourth-order valence-corrected chi connectivity index (χ4v) is 2.98. The van der Waals surface area contributed by atoms with Crippen LogP contribution in [0.25, 0.3) is 0 Å². The summed E-state index contributed by atoms with van der Waals surface area (Å²) in [7, 11) is 1.05. The number of ether oxygens (including phenoxy) is 1. The minimum absolute atomic E-state index is 0.152. The first-order valence-electron chi connectivity index (χ1n) is 7.28. The van der Waals surface area contributed by atoms with Gasteiger partial charge in [-0.2, -0.15) is 0 Å². The summed E-state index contributed by atoms with van der Waals surface area (Å²) in [5.74, 6) is 0.470. The first-order valence-corrected chi connectivity index (χ1v) is 8.72. The van der Waals surface area contributed by atoms with Gasteiger partial charge >= 0.3 is 0 Å². The molecule has 24 heavy (non-hydrogen) atoms. The summed E-state index contributed by atoms with van der Waals surface area (Å²) in [5.41, 5.74) is 1.37. The van der Waals surface area contributed by atoms with Gasteiger partial charge in [0.25, 0.3) is 0 Å². The van der Waals surface area contributed by atoms with Crippen molar-refractivity contribution in [2.24, 2.45) is 0 Å². The van der Waals surface area contributed by atoms with Crippen LogP contribution in [0.4, 0.5) is 5.69 Å². The van der Waals surface area contributed by atoms with Gasteiger partial charge in [0.1, 0.15) is 5.75 Å². The summed E-state index contributed by atoms with van der Waals surface area (Å²) in [4.78, 5) is 12.3. The highest BCUT2D eigenvalue weighted by molar-refractivity contribution is 7.89. The Bertz CT molecular complexity index is 815. The quantitative estimate of drug-likeness (QED) is 0.868. The van der Waals surface area contributed by atoms with Crippen molar-refractivity contribution in [3.05, 3.63) is 54.1 Å². The van der Waals surface area contributed by atoms with Crippen LogP contribution in [0.15, 0.2) is 53.4 Å². The van der Waals surface area contributed by atoms with Crippen LogP contribution in [0.2, 0.25) is 0 Å². The third kappa shape index (κ3) is 4.33. The predicted molar refractivity (Wildman–Crippen MR) is 92.6 cm³/mol. The average Bonchev–Trinajstić information content (AvgIpc) is 2.55. The minimum atomic E-state index is -3.46. The Morgan fingerprint density at radius 3 is 2.38 bits per heavy atom. The molecule has 128 valence electrons. The van der Waals surface area contributed by atoms with E-state index in [9.17, 15) is 13.2 Å². The van der Waals surface area contributed by atoms with Gasteiger partial charge in [-0.25, -0.2) is 12.7 Å². The van der Waals surface area contributed by atoms with Crippen molar-refractivity contribution in [1.29, 1.82) is 0 Å². The van der Waals surface area contributed by atoms with E-state index in [2.05, 4.69) is 5.32 Å². The van der Waals surface area contributed by atoms with Crippen molar-refractivity contribution in [3.63, 3.8) is 0 Å². The maximum Gasteiger partial charge on any atom is 0.242 e. The van der Waals surface area contributed by atoms with Crippen molar-refractivity contribution in [3.8, 4) is 5.75 Å². The molecule has 0 aromatic heterocycles. The molecule has 1 N–H and O–H groups in total. The molecule has 0 saturated heterocycles. The first kappa shape index (κ1) is 18.0. The van der Waals surface area contributed by atoms with Gasteiger partial charge in [-0.05, 0) is 29.8 Å². The van der Waals surface area contributed by atoms with Gasteiger partial charge in [-0.3, -0.25) is 4.79 Å². The number of sulfonamides is 1. The maximum atomic E-state index is 12.1. The number of carbonyl (C=O) groups excluding carboxylic acids is 1. The molecule has 0 bridgehead atoms. The Kier molecular flexibility index (Phi) is 5.58. The number of methoxy groups -OCH3 is 1. The summed E-state index contributed by atoms with van der Waals surface area (Å²) in [5, 5.41) is 2.78. The SMILES string of the molecule is COc1cccc(NC(=O)Cc2ccc(S(=O)(=O)N(C)C)cc2)c1. The molecule has 0 heterocycles. The van der Waals surface area contributed by atoms with Crippen LogP contribution < -0.4 is 10.1 Å². The summed E-state index contributed by atoms with van der Waals surface area (Å²) < 4.78 is 30.3. The van der Waals surface area contributed by atoms with Crippen molar-refractivity contribution in [2.45, 2.75) is 11.3 Å². The molecule has 2 aromatic carbocycles. The summed E-state index contributed by atoms with van der Waals surface area (Å²) in [6.07, 6.45) is 0.152. The molecular formula is C17H20N2O4S. The summed E-state index contributed by atoms with van der Waals surface area (Å²) in [6, 6.07) is 13.4. The Morgan fingerprint density at radius 1 is 1.12 bits per heavy atom. The second-order valence-corrected chi connectivity index (χ2v) is 7.54. The third-order valence-corrected chi connectivity index (χ3v) is 5.25. The zero-order chi connectivity index (χ0) is 17.7. The van der Waals surface area contributed by atoms with Gasteiger partial charge in [-0.1, -0.05) is 18.2 Å². The average molecular weight is 348 g/mol. The molecule has 0 aliphatic rings. The molecule has 0 atom stereocenters. The number of hydrogen-bond acceptors (Lipinski definition) is 4. The fraction of sp³-hybridized carbons (Fsp3) is 0.235. The van der Waals surface area contributed by atoms with Gasteiger partial charge in [0, 0.05) is 25.8 Å². The van der Waals surface area contributed by atoms with Crippen molar-refractivity contribution in [2.75, 3.05) is 26.5 Å². The van der Waals surface area contributed by atoms with Crippen LogP contribution >= 0.6 is 0 Å². The Hall–Kier alpha value is -2.38.